The third-order valence-corrected chi connectivity index (χ3v) is 5.58. The first-order chi connectivity index (χ1) is 14.3. The van der Waals surface area contributed by atoms with Gasteiger partial charge >= 0.3 is 5.97 Å². The van der Waals surface area contributed by atoms with Crippen molar-refractivity contribution in [1.82, 2.24) is 15.4 Å². The van der Waals surface area contributed by atoms with Crippen molar-refractivity contribution in [2.45, 2.75) is 31.6 Å². The minimum atomic E-state index is -1.16. The number of carboxylic acid groups (broad SMARTS) is 1. The van der Waals surface area contributed by atoms with Crippen LogP contribution >= 0.6 is 0 Å². The SMILES string of the molecule is O=C(N[C@H]1CCN(C(F)C2CC2)C[C@@H]1C(=O)O)c1cc(-c2ccc(F)cc2F)on1. The minimum Gasteiger partial charge on any atom is -0.481 e. The number of amides is 1. The van der Waals surface area contributed by atoms with E-state index in [1.54, 1.807) is 0 Å². The molecule has 1 aliphatic carbocycles. The summed E-state index contributed by atoms with van der Waals surface area (Å²) < 4.78 is 46.3. The molecule has 1 saturated carbocycles. The smallest absolute Gasteiger partial charge is 0.309 e. The van der Waals surface area contributed by atoms with Crippen LogP contribution in [0, 0.1) is 23.5 Å². The van der Waals surface area contributed by atoms with Crippen LogP contribution in [0.4, 0.5) is 13.2 Å². The molecule has 1 aromatic carbocycles. The Labute approximate surface area is 169 Å². The summed E-state index contributed by atoms with van der Waals surface area (Å²) in [6.45, 7) is 0.333. The summed E-state index contributed by atoms with van der Waals surface area (Å²) in [5.74, 6) is -4.50. The van der Waals surface area contributed by atoms with Gasteiger partial charge in [-0.1, -0.05) is 5.16 Å². The fourth-order valence-corrected chi connectivity index (χ4v) is 3.73. The van der Waals surface area contributed by atoms with Gasteiger partial charge in [-0.15, -0.1) is 0 Å². The molecule has 2 N–H and O–H groups in total. The van der Waals surface area contributed by atoms with Crippen molar-refractivity contribution < 1.29 is 32.4 Å². The summed E-state index contributed by atoms with van der Waals surface area (Å²) in [7, 11) is 0. The maximum atomic E-state index is 14.4. The van der Waals surface area contributed by atoms with E-state index >= 15 is 0 Å². The number of carboxylic acids is 1. The standard InChI is InChI=1S/C20H20F3N3O4/c21-11-3-4-12(14(22)7-11)17-8-16(25-30-17)19(27)24-15-5-6-26(9-13(15)20(28)29)18(23)10-1-2-10/h3-4,7-8,10,13,15,18H,1-2,5-6,9H2,(H,24,27)(H,28,29)/t13-,15-,18?/m0/s1. The second-order valence-electron chi connectivity index (χ2n) is 7.72. The number of carbonyl (C=O) groups is 2. The number of carbonyl (C=O) groups excluding carboxylic acids is 1. The van der Waals surface area contributed by atoms with Crippen LogP contribution in [0.15, 0.2) is 28.8 Å². The Balaban J connectivity index is 1.44. The van der Waals surface area contributed by atoms with Gasteiger partial charge in [0, 0.05) is 37.2 Å². The second-order valence-corrected chi connectivity index (χ2v) is 7.72. The van der Waals surface area contributed by atoms with Gasteiger partial charge in [-0.2, -0.15) is 0 Å². The molecule has 4 rings (SSSR count). The fourth-order valence-electron chi connectivity index (χ4n) is 3.73. The number of nitrogens with zero attached hydrogens (tertiary/aromatic N) is 2. The highest BCUT2D eigenvalue weighted by Crippen LogP contribution is 2.37. The van der Waals surface area contributed by atoms with Gasteiger partial charge in [-0.05, 0) is 31.4 Å². The topological polar surface area (TPSA) is 95.7 Å². The Kier molecular flexibility index (Phi) is 5.50. The Morgan fingerprint density at radius 1 is 1.23 bits per heavy atom. The summed E-state index contributed by atoms with van der Waals surface area (Å²) in [5.41, 5.74) is -0.227. The van der Waals surface area contributed by atoms with E-state index in [4.69, 9.17) is 4.52 Å². The summed E-state index contributed by atoms with van der Waals surface area (Å²) in [6.07, 6.45) is 0.720. The summed E-state index contributed by atoms with van der Waals surface area (Å²) in [6, 6.07) is 3.38. The van der Waals surface area contributed by atoms with E-state index in [2.05, 4.69) is 10.5 Å². The van der Waals surface area contributed by atoms with Gasteiger partial charge in [0.1, 0.15) is 11.6 Å². The normalized spacial score (nSPS) is 23.2. The molecule has 1 saturated heterocycles. The number of piperidine rings is 1. The number of rotatable bonds is 6. The molecule has 1 aliphatic heterocycles. The number of hydrogen-bond acceptors (Lipinski definition) is 5. The van der Waals surface area contributed by atoms with Gasteiger partial charge in [0.15, 0.2) is 17.7 Å². The molecule has 30 heavy (non-hydrogen) atoms. The number of aromatic nitrogens is 1. The van der Waals surface area contributed by atoms with Crippen molar-refractivity contribution in [3.8, 4) is 11.3 Å². The number of benzene rings is 1. The fraction of sp³-hybridized carbons (Fsp3) is 0.450. The zero-order valence-corrected chi connectivity index (χ0v) is 15.9. The van der Waals surface area contributed by atoms with Gasteiger partial charge in [0.05, 0.1) is 11.5 Å². The summed E-state index contributed by atoms with van der Waals surface area (Å²) in [5, 5.41) is 15.8. The molecule has 2 heterocycles. The van der Waals surface area contributed by atoms with E-state index < -0.39 is 41.8 Å². The monoisotopic (exact) mass is 423 g/mol. The van der Waals surface area contributed by atoms with Crippen LogP contribution in [0.3, 0.4) is 0 Å². The third-order valence-electron chi connectivity index (χ3n) is 5.58. The molecule has 3 atom stereocenters. The zero-order valence-electron chi connectivity index (χ0n) is 15.9. The Hall–Kier alpha value is -2.88. The molecule has 1 amide bonds. The van der Waals surface area contributed by atoms with Crippen molar-refractivity contribution in [2.75, 3.05) is 13.1 Å². The molecule has 1 unspecified atom stereocenters. The third kappa shape index (κ3) is 4.18. The van der Waals surface area contributed by atoms with Crippen LogP contribution in [0.2, 0.25) is 0 Å². The largest absolute Gasteiger partial charge is 0.481 e. The summed E-state index contributed by atoms with van der Waals surface area (Å²) in [4.78, 5) is 25.7. The van der Waals surface area contributed by atoms with E-state index in [1.807, 2.05) is 0 Å². The van der Waals surface area contributed by atoms with Crippen molar-refractivity contribution >= 4 is 11.9 Å². The molecule has 0 bridgehead atoms. The molecule has 0 radical (unpaired) electrons. The highest BCUT2D eigenvalue weighted by Gasteiger charge is 2.42. The first-order valence-corrected chi connectivity index (χ1v) is 9.67. The highest BCUT2D eigenvalue weighted by molar-refractivity contribution is 5.93. The van der Waals surface area contributed by atoms with Crippen molar-refractivity contribution in [3.63, 3.8) is 0 Å². The molecular formula is C20H20F3N3O4. The Morgan fingerprint density at radius 2 is 2.00 bits per heavy atom. The number of likely N-dealkylation sites (tertiary alicyclic amines) is 1. The first kappa shape index (κ1) is 20.4. The van der Waals surface area contributed by atoms with Gasteiger partial charge in [-0.25, -0.2) is 13.2 Å². The van der Waals surface area contributed by atoms with Crippen molar-refractivity contribution in [3.05, 3.63) is 41.6 Å². The van der Waals surface area contributed by atoms with E-state index in [0.717, 1.165) is 25.0 Å². The number of aliphatic carboxylic acids is 1. The average Bonchev–Trinajstić information content (AvgIpc) is 3.44. The van der Waals surface area contributed by atoms with Gasteiger partial charge in [0.25, 0.3) is 5.91 Å². The van der Waals surface area contributed by atoms with Crippen LogP contribution in [-0.2, 0) is 4.79 Å². The molecule has 2 fully saturated rings. The number of alkyl halides is 1. The highest BCUT2D eigenvalue weighted by atomic mass is 19.1. The maximum absolute atomic E-state index is 14.4. The Morgan fingerprint density at radius 3 is 2.67 bits per heavy atom. The van der Waals surface area contributed by atoms with Crippen molar-refractivity contribution in [1.29, 1.82) is 0 Å². The Bertz CT molecular complexity index is 963. The van der Waals surface area contributed by atoms with E-state index in [-0.39, 0.29) is 35.9 Å². The van der Waals surface area contributed by atoms with Gasteiger partial charge in [-0.3, -0.25) is 14.5 Å². The lowest BCUT2D eigenvalue weighted by Gasteiger charge is -2.38. The van der Waals surface area contributed by atoms with E-state index in [1.165, 1.54) is 11.0 Å². The van der Waals surface area contributed by atoms with Crippen LogP contribution in [0.5, 0.6) is 0 Å². The molecule has 2 aliphatic rings. The van der Waals surface area contributed by atoms with Crippen LogP contribution in [0.1, 0.15) is 29.8 Å². The zero-order chi connectivity index (χ0) is 21.4. The molecule has 7 nitrogen and oxygen atoms in total. The lowest BCUT2D eigenvalue weighted by Crippen LogP contribution is -2.55. The molecular weight excluding hydrogens is 403 g/mol. The van der Waals surface area contributed by atoms with Gasteiger partial charge < -0.3 is 14.9 Å². The first-order valence-electron chi connectivity index (χ1n) is 9.67. The van der Waals surface area contributed by atoms with Crippen LogP contribution < -0.4 is 5.32 Å². The maximum Gasteiger partial charge on any atom is 0.309 e. The quantitative estimate of drug-likeness (QED) is 0.694. The number of hydrogen-bond donors (Lipinski definition) is 2. The minimum absolute atomic E-state index is 0.00278. The van der Waals surface area contributed by atoms with Crippen LogP contribution in [-0.4, -0.2) is 52.5 Å². The lowest BCUT2D eigenvalue weighted by atomic mass is 9.91. The predicted molar refractivity (Wildman–Crippen MR) is 98.0 cm³/mol. The molecule has 10 heteroatoms. The molecule has 160 valence electrons. The van der Waals surface area contributed by atoms with E-state index in [9.17, 15) is 27.9 Å². The van der Waals surface area contributed by atoms with E-state index in [0.29, 0.717) is 12.6 Å². The van der Waals surface area contributed by atoms with Crippen molar-refractivity contribution in [2.24, 2.45) is 11.8 Å². The number of halogens is 3. The van der Waals surface area contributed by atoms with Gasteiger partial charge in [0.2, 0.25) is 0 Å². The molecule has 1 aromatic heterocycles. The van der Waals surface area contributed by atoms with Crippen LogP contribution in [0.25, 0.3) is 11.3 Å². The summed E-state index contributed by atoms with van der Waals surface area (Å²) >= 11 is 0. The lowest BCUT2D eigenvalue weighted by molar-refractivity contribution is -0.145. The predicted octanol–water partition coefficient (Wildman–Crippen LogP) is 2.83. The number of nitrogens with one attached hydrogen (secondary N) is 1. The molecule has 2 aromatic rings. The second kappa shape index (κ2) is 8.10. The average molecular weight is 423 g/mol. The molecule has 0 spiro atoms.